The summed E-state index contributed by atoms with van der Waals surface area (Å²) in [5, 5.41) is 18.8. The summed E-state index contributed by atoms with van der Waals surface area (Å²) in [4.78, 5) is 9.92. The maximum absolute atomic E-state index is 9.92. The average Bonchev–Trinajstić information content (AvgIpc) is 1.97. The third-order valence-corrected chi connectivity index (χ3v) is 1.26. The number of aliphatic hydroxyl groups is 1. The summed E-state index contributed by atoms with van der Waals surface area (Å²) < 4.78 is 0. The molecule has 1 atom stereocenters. The van der Waals surface area contributed by atoms with Gasteiger partial charge in [0, 0.05) is 12.6 Å². The van der Waals surface area contributed by atoms with Gasteiger partial charge in [-0.15, -0.1) is 0 Å². The maximum Gasteiger partial charge on any atom is 0.404 e. The third-order valence-electron chi connectivity index (χ3n) is 1.26. The van der Waals surface area contributed by atoms with E-state index in [1.807, 2.05) is 0 Å². The smallest absolute Gasteiger partial charge is 0.404 e. The third kappa shape index (κ3) is 7.08. The average molecular weight is 162 g/mol. The fourth-order valence-corrected chi connectivity index (χ4v) is 0.651. The minimum Gasteiger partial charge on any atom is -0.465 e. The number of hydrogen-bond acceptors (Lipinski definition) is 3. The maximum atomic E-state index is 9.92. The van der Waals surface area contributed by atoms with E-state index < -0.39 is 6.09 Å². The van der Waals surface area contributed by atoms with Crippen LogP contribution in [-0.4, -0.2) is 35.5 Å². The van der Waals surface area contributed by atoms with E-state index in [-0.39, 0.29) is 12.6 Å². The van der Waals surface area contributed by atoms with Crippen LogP contribution in [0.2, 0.25) is 0 Å². The molecule has 0 saturated heterocycles. The van der Waals surface area contributed by atoms with Crippen molar-refractivity contribution >= 4 is 6.09 Å². The zero-order valence-corrected chi connectivity index (χ0v) is 6.29. The molecule has 0 radical (unpaired) electrons. The molecule has 0 aromatic heterocycles. The molecule has 1 amide bonds. The van der Waals surface area contributed by atoms with Gasteiger partial charge in [0.15, 0.2) is 0 Å². The zero-order chi connectivity index (χ0) is 8.69. The SMILES string of the molecule is NC(CO)CCCNC(=O)O. The second kappa shape index (κ2) is 5.94. The first-order chi connectivity index (χ1) is 5.16. The second-order valence-corrected chi connectivity index (χ2v) is 2.32. The molecule has 5 nitrogen and oxygen atoms in total. The molecule has 5 heteroatoms. The van der Waals surface area contributed by atoms with Crippen LogP contribution in [0.1, 0.15) is 12.8 Å². The van der Waals surface area contributed by atoms with Gasteiger partial charge in [-0.05, 0) is 12.8 Å². The zero-order valence-electron chi connectivity index (χ0n) is 6.29. The van der Waals surface area contributed by atoms with Crippen LogP contribution in [0.3, 0.4) is 0 Å². The predicted molar refractivity (Wildman–Crippen MR) is 40.3 cm³/mol. The summed E-state index contributed by atoms with van der Waals surface area (Å²) in [5.74, 6) is 0. The Kier molecular flexibility index (Phi) is 5.50. The Hall–Kier alpha value is -0.810. The number of amides is 1. The molecule has 0 fully saturated rings. The van der Waals surface area contributed by atoms with E-state index in [2.05, 4.69) is 5.32 Å². The van der Waals surface area contributed by atoms with Crippen LogP contribution in [0.15, 0.2) is 0 Å². The van der Waals surface area contributed by atoms with Crippen LogP contribution >= 0.6 is 0 Å². The highest BCUT2D eigenvalue weighted by Gasteiger charge is 1.99. The van der Waals surface area contributed by atoms with Crippen molar-refractivity contribution in [2.45, 2.75) is 18.9 Å². The van der Waals surface area contributed by atoms with Gasteiger partial charge in [-0.25, -0.2) is 4.79 Å². The normalized spacial score (nSPS) is 12.5. The number of aliphatic hydroxyl groups excluding tert-OH is 1. The second-order valence-electron chi connectivity index (χ2n) is 2.32. The topological polar surface area (TPSA) is 95.6 Å². The van der Waals surface area contributed by atoms with Crippen LogP contribution in [0.4, 0.5) is 4.79 Å². The molecule has 0 bridgehead atoms. The summed E-state index contributed by atoms with van der Waals surface area (Å²) in [6.45, 7) is 0.343. The van der Waals surface area contributed by atoms with Crippen molar-refractivity contribution < 1.29 is 15.0 Å². The van der Waals surface area contributed by atoms with Gasteiger partial charge in [0.25, 0.3) is 0 Å². The lowest BCUT2D eigenvalue weighted by atomic mass is 10.2. The summed E-state index contributed by atoms with van der Waals surface area (Å²) in [6, 6.07) is -0.231. The van der Waals surface area contributed by atoms with Crippen LogP contribution in [0.5, 0.6) is 0 Å². The number of nitrogens with one attached hydrogen (secondary N) is 1. The monoisotopic (exact) mass is 162 g/mol. The van der Waals surface area contributed by atoms with Crippen molar-refractivity contribution in [1.82, 2.24) is 5.32 Å². The van der Waals surface area contributed by atoms with Gasteiger partial charge in [-0.1, -0.05) is 0 Å². The molecule has 11 heavy (non-hydrogen) atoms. The van der Waals surface area contributed by atoms with Gasteiger partial charge in [0.1, 0.15) is 0 Å². The van der Waals surface area contributed by atoms with Crippen molar-refractivity contribution in [3.8, 4) is 0 Å². The Morgan fingerprint density at radius 3 is 2.73 bits per heavy atom. The Morgan fingerprint density at radius 1 is 1.64 bits per heavy atom. The summed E-state index contributed by atoms with van der Waals surface area (Å²) in [5.41, 5.74) is 5.36. The predicted octanol–water partition coefficient (Wildman–Crippen LogP) is -0.646. The molecule has 0 aliphatic rings. The minimum atomic E-state index is -1.03. The van der Waals surface area contributed by atoms with E-state index in [0.717, 1.165) is 0 Å². The van der Waals surface area contributed by atoms with Crippen molar-refractivity contribution in [1.29, 1.82) is 0 Å². The number of carboxylic acid groups (broad SMARTS) is 1. The van der Waals surface area contributed by atoms with Crippen molar-refractivity contribution in [3.63, 3.8) is 0 Å². The Bertz CT molecular complexity index is 118. The van der Waals surface area contributed by atoms with Gasteiger partial charge in [0.2, 0.25) is 0 Å². The Labute approximate surface area is 65.2 Å². The molecule has 5 N–H and O–H groups in total. The summed E-state index contributed by atoms with van der Waals surface area (Å²) >= 11 is 0. The fourth-order valence-electron chi connectivity index (χ4n) is 0.651. The van der Waals surface area contributed by atoms with E-state index >= 15 is 0 Å². The number of rotatable bonds is 5. The lowest BCUT2D eigenvalue weighted by molar-refractivity contribution is 0.194. The quantitative estimate of drug-likeness (QED) is 0.404. The molecule has 1 unspecified atom stereocenters. The van der Waals surface area contributed by atoms with Crippen LogP contribution in [0, 0.1) is 0 Å². The molecule has 0 spiro atoms. The van der Waals surface area contributed by atoms with Crippen LogP contribution in [0.25, 0.3) is 0 Å². The van der Waals surface area contributed by atoms with Crippen molar-refractivity contribution in [2.24, 2.45) is 5.73 Å². The molecular weight excluding hydrogens is 148 g/mol. The Morgan fingerprint density at radius 2 is 2.27 bits per heavy atom. The lowest BCUT2D eigenvalue weighted by Crippen LogP contribution is -2.27. The molecule has 0 saturated carbocycles. The van der Waals surface area contributed by atoms with E-state index in [9.17, 15) is 4.79 Å². The van der Waals surface area contributed by atoms with Gasteiger partial charge in [-0.3, -0.25) is 0 Å². The van der Waals surface area contributed by atoms with E-state index in [4.69, 9.17) is 15.9 Å². The van der Waals surface area contributed by atoms with Crippen molar-refractivity contribution in [2.75, 3.05) is 13.2 Å². The number of nitrogens with two attached hydrogens (primary N) is 1. The number of carbonyl (C=O) groups is 1. The van der Waals surface area contributed by atoms with Crippen LogP contribution in [-0.2, 0) is 0 Å². The molecular formula is C6H14N2O3. The largest absolute Gasteiger partial charge is 0.465 e. The highest BCUT2D eigenvalue weighted by atomic mass is 16.4. The first-order valence-corrected chi connectivity index (χ1v) is 3.50. The molecule has 0 aliphatic carbocycles. The molecule has 66 valence electrons. The lowest BCUT2D eigenvalue weighted by Gasteiger charge is -2.06. The van der Waals surface area contributed by atoms with E-state index in [1.165, 1.54) is 0 Å². The molecule has 0 rings (SSSR count). The van der Waals surface area contributed by atoms with Gasteiger partial charge >= 0.3 is 6.09 Å². The first kappa shape index (κ1) is 10.2. The van der Waals surface area contributed by atoms with Crippen molar-refractivity contribution in [3.05, 3.63) is 0 Å². The standard InChI is InChI=1S/C6H14N2O3/c7-5(4-9)2-1-3-8-6(10)11/h5,8-9H,1-4,7H2,(H,10,11). The molecule has 0 aliphatic heterocycles. The molecule has 0 heterocycles. The summed E-state index contributed by atoms with van der Waals surface area (Å²) in [6.07, 6.45) is 0.271. The van der Waals surface area contributed by atoms with Crippen LogP contribution < -0.4 is 11.1 Å². The fraction of sp³-hybridized carbons (Fsp3) is 0.833. The molecule has 0 aromatic rings. The highest BCUT2D eigenvalue weighted by molar-refractivity contribution is 5.64. The first-order valence-electron chi connectivity index (χ1n) is 3.50. The highest BCUT2D eigenvalue weighted by Crippen LogP contribution is 1.91. The van der Waals surface area contributed by atoms with Gasteiger partial charge < -0.3 is 21.3 Å². The molecule has 0 aromatic carbocycles. The van der Waals surface area contributed by atoms with E-state index in [1.54, 1.807) is 0 Å². The van der Waals surface area contributed by atoms with E-state index in [0.29, 0.717) is 19.4 Å². The Balaban J connectivity index is 3.08. The summed E-state index contributed by atoms with van der Waals surface area (Å²) in [7, 11) is 0. The number of hydrogen-bond donors (Lipinski definition) is 4. The minimum absolute atomic E-state index is 0.0485. The van der Waals surface area contributed by atoms with Gasteiger partial charge in [-0.2, -0.15) is 0 Å². The van der Waals surface area contributed by atoms with Gasteiger partial charge in [0.05, 0.1) is 6.61 Å².